The molecule has 1 fully saturated rings. The molecule has 0 aliphatic carbocycles. The third-order valence-corrected chi connectivity index (χ3v) is 7.24. The zero-order valence-electron chi connectivity index (χ0n) is 17.0. The van der Waals surface area contributed by atoms with E-state index in [2.05, 4.69) is 5.32 Å². The Labute approximate surface area is 192 Å². The molecule has 2 aromatic carbocycles. The molecule has 178 valence electrons. The molecule has 33 heavy (non-hydrogen) atoms. The van der Waals surface area contributed by atoms with Gasteiger partial charge in [-0.3, -0.25) is 5.32 Å². The van der Waals surface area contributed by atoms with Gasteiger partial charge in [-0.15, -0.1) is 0 Å². The fourth-order valence-electron chi connectivity index (χ4n) is 3.51. The highest BCUT2D eigenvalue weighted by atomic mass is 35.5. The molecule has 2 heterocycles. The largest absolute Gasteiger partial charge is 0.492 e. The maximum absolute atomic E-state index is 13.8. The van der Waals surface area contributed by atoms with Gasteiger partial charge in [-0.2, -0.15) is 17.5 Å². The van der Waals surface area contributed by atoms with E-state index >= 15 is 0 Å². The first-order valence-electron chi connectivity index (χ1n) is 9.94. The lowest BCUT2D eigenvalue weighted by Crippen LogP contribution is -2.65. The van der Waals surface area contributed by atoms with Gasteiger partial charge in [0.05, 0.1) is 4.90 Å². The summed E-state index contributed by atoms with van der Waals surface area (Å²) in [6.45, 7) is 0.766. The number of rotatable bonds is 4. The summed E-state index contributed by atoms with van der Waals surface area (Å²) in [5.41, 5.74) is -0.0264. The van der Waals surface area contributed by atoms with Crippen molar-refractivity contribution in [2.75, 3.05) is 18.4 Å². The molecule has 0 spiro atoms. The number of urea groups is 1. The Balaban J connectivity index is 1.52. The van der Waals surface area contributed by atoms with Crippen molar-refractivity contribution in [1.82, 2.24) is 9.62 Å². The lowest BCUT2D eigenvalue weighted by atomic mass is 10.2. The van der Waals surface area contributed by atoms with Crippen LogP contribution in [0.2, 0.25) is 5.02 Å². The number of sulfonamides is 1. The van der Waals surface area contributed by atoms with Crippen molar-refractivity contribution in [2.45, 2.75) is 36.2 Å². The smallest absolute Gasteiger partial charge is 0.424 e. The molecule has 1 atom stereocenters. The van der Waals surface area contributed by atoms with E-state index in [1.54, 1.807) is 5.32 Å². The second-order valence-corrected chi connectivity index (χ2v) is 9.86. The van der Waals surface area contributed by atoms with E-state index in [1.807, 2.05) is 0 Å². The summed E-state index contributed by atoms with van der Waals surface area (Å²) in [6.07, 6.45) is -2.73. The van der Waals surface area contributed by atoms with Crippen LogP contribution >= 0.6 is 11.6 Å². The van der Waals surface area contributed by atoms with Gasteiger partial charge in [0, 0.05) is 29.9 Å². The normalized spacial score (nSPS) is 21.0. The summed E-state index contributed by atoms with van der Waals surface area (Å²) in [6, 6.07) is 7.55. The van der Waals surface area contributed by atoms with Gasteiger partial charge in [-0.05, 0) is 43.2 Å². The van der Waals surface area contributed by atoms with Crippen molar-refractivity contribution in [2.24, 2.45) is 0 Å². The number of benzene rings is 2. The Morgan fingerprint density at radius 2 is 1.73 bits per heavy atom. The van der Waals surface area contributed by atoms with Crippen molar-refractivity contribution in [3.8, 4) is 11.5 Å². The molecule has 1 saturated heterocycles. The highest BCUT2D eigenvalue weighted by molar-refractivity contribution is 7.89. The number of amides is 2. The number of carbonyl (C=O) groups is 1. The van der Waals surface area contributed by atoms with Gasteiger partial charge in [0.25, 0.3) is 0 Å². The summed E-state index contributed by atoms with van der Waals surface area (Å²) >= 11 is 5.78. The molecule has 0 bridgehead atoms. The maximum Gasteiger partial charge on any atom is 0.492 e. The standard InChI is InChI=1S/C20H19ClF3N3O5S/c21-13-7-8-16-17(11-13)32-20(31-16,19(22,23)24)26-18(28)25-14-5-4-6-15(12-14)33(29,30)27-9-2-1-3-10-27/h4-8,11-12H,1-3,9-10H2,(H2,25,26,28)/t20-/m0/s1. The minimum absolute atomic E-state index is 0.0264. The van der Waals surface area contributed by atoms with E-state index in [4.69, 9.17) is 21.1 Å². The summed E-state index contributed by atoms with van der Waals surface area (Å²) in [7, 11) is -3.80. The number of halogens is 4. The number of nitrogens with zero attached hydrogens (tertiary/aromatic N) is 1. The van der Waals surface area contributed by atoms with Crippen LogP contribution in [0.15, 0.2) is 47.4 Å². The van der Waals surface area contributed by atoms with Crippen molar-refractivity contribution in [3.63, 3.8) is 0 Å². The third-order valence-electron chi connectivity index (χ3n) is 5.11. The molecule has 2 amide bonds. The average molecular weight is 506 g/mol. The number of piperidine rings is 1. The highest BCUT2D eigenvalue weighted by Crippen LogP contribution is 2.46. The molecular weight excluding hydrogens is 487 g/mol. The number of hydrogen-bond acceptors (Lipinski definition) is 5. The molecule has 2 aromatic rings. The van der Waals surface area contributed by atoms with Crippen molar-refractivity contribution in [1.29, 1.82) is 0 Å². The fraction of sp³-hybridized carbons (Fsp3) is 0.350. The minimum atomic E-state index is -5.16. The molecule has 0 aromatic heterocycles. The van der Waals surface area contributed by atoms with Crippen LogP contribution in [0.1, 0.15) is 19.3 Å². The number of alkyl halides is 3. The summed E-state index contributed by atoms with van der Waals surface area (Å²) in [4.78, 5) is 12.4. The van der Waals surface area contributed by atoms with Gasteiger partial charge in [0.15, 0.2) is 11.5 Å². The predicted octanol–water partition coefficient (Wildman–Crippen LogP) is 4.32. The van der Waals surface area contributed by atoms with E-state index in [0.29, 0.717) is 13.1 Å². The van der Waals surface area contributed by atoms with Crippen LogP contribution in [0.3, 0.4) is 0 Å². The van der Waals surface area contributed by atoms with Gasteiger partial charge < -0.3 is 14.8 Å². The molecule has 0 radical (unpaired) electrons. The van der Waals surface area contributed by atoms with Crippen LogP contribution in [-0.4, -0.2) is 43.9 Å². The summed E-state index contributed by atoms with van der Waals surface area (Å²) in [5, 5.41) is 3.96. The number of nitrogens with one attached hydrogen (secondary N) is 2. The second-order valence-electron chi connectivity index (χ2n) is 7.48. The first-order chi connectivity index (χ1) is 15.5. The van der Waals surface area contributed by atoms with E-state index < -0.39 is 28.1 Å². The van der Waals surface area contributed by atoms with Gasteiger partial charge in [-0.25, -0.2) is 13.2 Å². The predicted molar refractivity (Wildman–Crippen MR) is 113 cm³/mol. The van der Waals surface area contributed by atoms with E-state index in [-0.39, 0.29) is 27.1 Å². The Hall–Kier alpha value is -2.70. The van der Waals surface area contributed by atoms with Gasteiger partial charge in [-0.1, -0.05) is 24.1 Å². The number of ether oxygens (including phenoxy) is 2. The van der Waals surface area contributed by atoms with E-state index in [0.717, 1.165) is 25.3 Å². The zero-order valence-corrected chi connectivity index (χ0v) is 18.6. The van der Waals surface area contributed by atoms with Crippen molar-refractivity contribution >= 4 is 33.3 Å². The quantitative estimate of drug-likeness (QED) is 0.645. The Bertz CT molecular complexity index is 1170. The number of fused-ring (bicyclic) bond motifs is 1. The first kappa shape index (κ1) is 23.5. The Kier molecular flexibility index (Phi) is 6.10. The lowest BCUT2D eigenvalue weighted by Gasteiger charge is -2.29. The number of carbonyl (C=O) groups excluding carboxylic acids is 1. The van der Waals surface area contributed by atoms with Crippen LogP contribution < -0.4 is 20.1 Å². The molecule has 8 nitrogen and oxygen atoms in total. The lowest BCUT2D eigenvalue weighted by molar-refractivity contribution is -0.317. The van der Waals surface area contributed by atoms with Crippen LogP contribution in [0.4, 0.5) is 23.7 Å². The van der Waals surface area contributed by atoms with Crippen LogP contribution in [-0.2, 0) is 10.0 Å². The highest BCUT2D eigenvalue weighted by Gasteiger charge is 2.65. The van der Waals surface area contributed by atoms with E-state index in [1.165, 1.54) is 40.7 Å². The molecule has 0 unspecified atom stereocenters. The Morgan fingerprint density at radius 3 is 2.42 bits per heavy atom. The topological polar surface area (TPSA) is 97.0 Å². The molecular formula is C20H19ClF3N3O5S. The maximum atomic E-state index is 13.8. The van der Waals surface area contributed by atoms with Gasteiger partial charge in [0.2, 0.25) is 10.0 Å². The zero-order chi connectivity index (χ0) is 23.9. The van der Waals surface area contributed by atoms with Gasteiger partial charge in [0.1, 0.15) is 0 Å². The summed E-state index contributed by atoms with van der Waals surface area (Å²) < 4.78 is 78.2. The second kappa shape index (κ2) is 8.58. The first-order valence-corrected chi connectivity index (χ1v) is 11.8. The van der Waals surface area contributed by atoms with Crippen LogP contribution in [0.25, 0.3) is 0 Å². The number of anilines is 1. The minimum Gasteiger partial charge on any atom is -0.424 e. The third kappa shape index (κ3) is 4.68. The summed E-state index contributed by atoms with van der Waals surface area (Å²) in [5.74, 6) is -4.04. The van der Waals surface area contributed by atoms with Gasteiger partial charge >= 0.3 is 18.1 Å². The molecule has 2 aliphatic heterocycles. The molecule has 0 saturated carbocycles. The SMILES string of the molecule is O=C(Nc1cccc(S(=O)(=O)N2CCCCC2)c1)N[C@@]1(C(F)(F)F)Oc2ccc(Cl)cc2O1. The molecule has 2 N–H and O–H groups in total. The monoisotopic (exact) mass is 505 g/mol. The average Bonchev–Trinajstić information content (AvgIpc) is 3.13. The fourth-order valence-corrected chi connectivity index (χ4v) is 5.24. The van der Waals surface area contributed by atoms with Crippen molar-refractivity contribution < 1.29 is 35.9 Å². The molecule has 13 heteroatoms. The number of hydrogen-bond donors (Lipinski definition) is 2. The van der Waals surface area contributed by atoms with Crippen LogP contribution in [0, 0.1) is 0 Å². The van der Waals surface area contributed by atoms with Crippen molar-refractivity contribution in [3.05, 3.63) is 47.5 Å². The molecule has 4 rings (SSSR count). The molecule has 2 aliphatic rings. The van der Waals surface area contributed by atoms with Crippen LogP contribution in [0.5, 0.6) is 11.5 Å². The van der Waals surface area contributed by atoms with E-state index in [9.17, 15) is 26.4 Å². The Morgan fingerprint density at radius 1 is 1.03 bits per heavy atom.